The average Bonchev–Trinajstić information content (AvgIpc) is 2.44. The largest absolute Gasteiger partial charge is 0.394 e. The Kier molecular flexibility index (Phi) is 6.76. The van der Waals surface area contributed by atoms with Crippen molar-refractivity contribution in [1.82, 2.24) is 5.32 Å². The van der Waals surface area contributed by atoms with Crippen molar-refractivity contribution in [1.29, 1.82) is 0 Å². The molecule has 0 aromatic heterocycles. The number of ether oxygens (including phenoxy) is 1. The summed E-state index contributed by atoms with van der Waals surface area (Å²) in [4.78, 5) is 2.03. The number of nitrogens with one attached hydrogen (secondary N) is 1. The Hall–Kier alpha value is -0.810. The van der Waals surface area contributed by atoms with Crippen LogP contribution in [0.25, 0.3) is 0 Å². The normalized spacial score (nSPS) is 11.7. The number of aliphatic hydroxyl groups is 1. The van der Waals surface area contributed by atoms with Gasteiger partial charge in [-0.1, -0.05) is 17.7 Å². The third kappa shape index (κ3) is 4.63. The fourth-order valence-corrected chi connectivity index (χ4v) is 1.98. The van der Waals surface area contributed by atoms with Gasteiger partial charge in [0.2, 0.25) is 0 Å². The van der Waals surface area contributed by atoms with E-state index >= 15 is 0 Å². The zero-order valence-electron chi connectivity index (χ0n) is 12.7. The highest BCUT2D eigenvalue weighted by Gasteiger charge is 2.23. The molecule has 2 N–H and O–H groups in total. The highest BCUT2D eigenvalue weighted by atomic mass is 35.5. The van der Waals surface area contributed by atoms with Gasteiger partial charge in [0.15, 0.2) is 0 Å². The third-order valence-corrected chi connectivity index (χ3v) is 3.87. The molecule has 1 aromatic carbocycles. The molecule has 0 aliphatic rings. The molecule has 0 aliphatic heterocycles. The first kappa shape index (κ1) is 17.2. The van der Waals surface area contributed by atoms with Crippen LogP contribution in [0.4, 0.5) is 5.69 Å². The van der Waals surface area contributed by atoms with E-state index in [1.165, 1.54) is 0 Å². The molecule has 0 bridgehead atoms. The van der Waals surface area contributed by atoms with Crippen molar-refractivity contribution in [3.63, 3.8) is 0 Å². The SMILES string of the molecule is COCCNCc1ccc(N(C)C(C)(C)CO)cc1Cl. The minimum atomic E-state index is -0.318. The molecule has 0 atom stereocenters. The summed E-state index contributed by atoms with van der Waals surface area (Å²) in [6.45, 7) is 6.26. The van der Waals surface area contributed by atoms with Crippen LogP contribution in [-0.2, 0) is 11.3 Å². The number of nitrogens with zero attached hydrogens (tertiary/aromatic N) is 1. The molecular weight excluding hydrogens is 276 g/mol. The molecule has 0 unspecified atom stereocenters. The van der Waals surface area contributed by atoms with Crippen LogP contribution in [0.15, 0.2) is 18.2 Å². The van der Waals surface area contributed by atoms with Crippen molar-refractivity contribution in [2.45, 2.75) is 25.9 Å². The fraction of sp³-hybridized carbons (Fsp3) is 0.600. The molecule has 114 valence electrons. The van der Waals surface area contributed by atoms with Gasteiger partial charge in [0, 0.05) is 38.0 Å². The molecular formula is C15H25ClN2O2. The molecule has 0 aliphatic carbocycles. The van der Waals surface area contributed by atoms with Gasteiger partial charge in [-0.3, -0.25) is 0 Å². The maximum atomic E-state index is 9.42. The lowest BCUT2D eigenvalue weighted by atomic mass is 10.0. The van der Waals surface area contributed by atoms with Crippen LogP contribution in [0.2, 0.25) is 5.02 Å². The second-order valence-electron chi connectivity index (χ2n) is 5.47. The van der Waals surface area contributed by atoms with E-state index in [2.05, 4.69) is 5.32 Å². The molecule has 20 heavy (non-hydrogen) atoms. The number of aliphatic hydroxyl groups excluding tert-OH is 1. The van der Waals surface area contributed by atoms with Crippen LogP contribution in [0.3, 0.4) is 0 Å². The Labute approximate surface area is 126 Å². The molecule has 0 saturated carbocycles. The van der Waals surface area contributed by atoms with E-state index in [-0.39, 0.29) is 12.1 Å². The van der Waals surface area contributed by atoms with Crippen LogP contribution in [0.5, 0.6) is 0 Å². The van der Waals surface area contributed by atoms with Gasteiger partial charge < -0.3 is 20.1 Å². The highest BCUT2D eigenvalue weighted by molar-refractivity contribution is 6.31. The summed E-state index contributed by atoms with van der Waals surface area (Å²) >= 11 is 6.32. The monoisotopic (exact) mass is 300 g/mol. The summed E-state index contributed by atoms with van der Waals surface area (Å²) in [6.07, 6.45) is 0. The van der Waals surface area contributed by atoms with E-state index in [1.54, 1.807) is 7.11 Å². The molecule has 0 radical (unpaired) electrons. The summed E-state index contributed by atoms with van der Waals surface area (Å²) in [7, 11) is 3.64. The van der Waals surface area contributed by atoms with Gasteiger partial charge in [0.05, 0.1) is 18.8 Å². The quantitative estimate of drug-likeness (QED) is 0.723. The van der Waals surface area contributed by atoms with Gasteiger partial charge in [-0.2, -0.15) is 0 Å². The Balaban J connectivity index is 2.72. The van der Waals surface area contributed by atoms with Gasteiger partial charge in [0.25, 0.3) is 0 Å². The summed E-state index contributed by atoms with van der Waals surface area (Å²) in [5.74, 6) is 0. The number of likely N-dealkylation sites (N-methyl/N-ethyl adjacent to an activating group) is 1. The van der Waals surface area contributed by atoms with Crippen LogP contribution in [-0.4, -0.2) is 44.6 Å². The number of methoxy groups -OCH3 is 1. The Bertz CT molecular complexity index is 424. The Morgan fingerprint density at radius 2 is 2.10 bits per heavy atom. The Morgan fingerprint density at radius 3 is 2.65 bits per heavy atom. The lowest BCUT2D eigenvalue weighted by Crippen LogP contribution is -2.44. The van der Waals surface area contributed by atoms with Gasteiger partial charge in [0.1, 0.15) is 0 Å². The first-order valence-corrected chi connectivity index (χ1v) is 7.13. The highest BCUT2D eigenvalue weighted by Crippen LogP contribution is 2.27. The van der Waals surface area contributed by atoms with Crippen LogP contribution >= 0.6 is 11.6 Å². The summed E-state index contributed by atoms with van der Waals surface area (Å²) < 4.78 is 4.98. The van der Waals surface area contributed by atoms with E-state index in [4.69, 9.17) is 16.3 Å². The van der Waals surface area contributed by atoms with Crippen molar-refractivity contribution in [3.8, 4) is 0 Å². The number of halogens is 1. The topological polar surface area (TPSA) is 44.7 Å². The van der Waals surface area contributed by atoms with Crippen molar-refractivity contribution in [2.24, 2.45) is 0 Å². The molecule has 0 heterocycles. The lowest BCUT2D eigenvalue weighted by molar-refractivity contribution is 0.199. The minimum absolute atomic E-state index is 0.0848. The first-order valence-electron chi connectivity index (χ1n) is 6.75. The number of benzene rings is 1. The van der Waals surface area contributed by atoms with Crippen molar-refractivity contribution in [2.75, 3.05) is 38.8 Å². The Morgan fingerprint density at radius 1 is 1.40 bits per heavy atom. The first-order chi connectivity index (χ1) is 9.42. The number of rotatable bonds is 8. The summed E-state index contributed by atoms with van der Waals surface area (Å²) in [6, 6.07) is 5.98. The molecule has 1 aromatic rings. The fourth-order valence-electron chi connectivity index (χ4n) is 1.74. The molecule has 5 heteroatoms. The standard InChI is InChI=1S/C15H25ClN2O2/c1-15(2,11-19)18(3)13-6-5-12(14(16)9-13)10-17-7-8-20-4/h5-6,9,17,19H,7-8,10-11H2,1-4H3. The average molecular weight is 301 g/mol. The van der Waals surface area contributed by atoms with Gasteiger partial charge in [-0.15, -0.1) is 0 Å². The maximum Gasteiger partial charge on any atom is 0.0658 e. The van der Waals surface area contributed by atoms with Crippen molar-refractivity contribution >= 4 is 17.3 Å². The van der Waals surface area contributed by atoms with E-state index in [9.17, 15) is 5.11 Å². The molecule has 0 spiro atoms. The van der Waals surface area contributed by atoms with Gasteiger partial charge in [-0.05, 0) is 31.5 Å². The van der Waals surface area contributed by atoms with Crippen molar-refractivity contribution < 1.29 is 9.84 Å². The van der Waals surface area contributed by atoms with Crippen LogP contribution in [0, 0.1) is 0 Å². The second kappa shape index (κ2) is 7.84. The third-order valence-electron chi connectivity index (χ3n) is 3.52. The summed E-state index contributed by atoms with van der Waals surface area (Å²) in [5, 5.41) is 13.4. The maximum absolute atomic E-state index is 9.42. The molecule has 0 saturated heterocycles. The molecule has 1 rings (SSSR count). The van der Waals surface area contributed by atoms with Gasteiger partial charge >= 0.3 is 0 Å². The predicted molar refractivity (Wildman–Crippen MR) is 84.6 cm³/mol. The molecule has 0 amide bonds. The van der Waals surface area contributed by atoms with E-state index < -0.39 is 0 Å². The zero-order valence-corrected chi connectivity index (χ0v) is 13.5. The van der Waals surface area contributed by atoms with Crippen LogP contribution in [0.1, 0.15) is 19.4 Å². The smallest absolute Gasteiger partial charge is 0.0658 e. The summed E-state index contributed by atoms with van der Waals surface area (Å²) in [5.41, 5.74) is 1.73. The van der Waals surface area contributed by atoms with E-state index in [0.29, 0.717) is 6.61 Å². The lowest BCUT2D eigenvalue weighted by Gasteiger charge is -2.36. The van der Waals surface area contributed by atoms with Gasteiger partial charge in [-0.25, -0.2) is 0 Å². The minimum Gasteiger partial charge on any atom is -0.394 e. The van der Waals surface area contributed by atoms with Crippen molar-refractivity contribution in [3.05, 3.63) is 28.8 Å². The predicted octanol–water partition coefficient (Wildman–Crippen LogP) is 2.28. The van der Waals surface area contributed by atoms with E-state index in [1.807, 2.05) is 44.0 Å². The zero-order chi connectivity index (χ0) is 15.2. The number of hydrogen-bond donors (Lipinski definition) is 2. The van der Waals surface area contributed by atoms with E-state index in [0.717, 1.165) is 29.4 Å². The molecule has 4 nitrogen and oxygen atoms in total. The second-order valence-corrected chi connectivity index (χ2v) is 5.88. The number of hydrogen-bond acceptors (Lipinski definition) is 4. The number of anilines is 1. The molecule has 0 fully saturated rings. The van der Waals surface area contributed by atoms with Crippen LogP contribution < -0.4 is 10.2 Å².